The van der Waals surface area contributed by atoms with Crippen molar-refractivity contribution < 1.29 is 9.90 Å². The smallest absolute Gasteiger partial charge is 0.335 e. The molecule has 0 spiro atoms. The van der Waals surface area contributed by atoms with Crippen molar-refractivity contribution in [3.63, 3.8) is 0 Å². The lowest BCUT2D eigenvalue weighted by atomic mass is 10.1. The van der Waals surface area contributed by atoms with Crippen molar-refractivity contribution in [3.8, 4) is 0 Å². The minimum atomic E-state index is -0.861. The van der Waals surface area contributed by atoms with Crippen LogP contribution in [0.2, 0.25) is 0 Å². The molecule has 0 aromatic heterocycles. The fourth-order valence-electron chi connectivity index (χ4n) is 2.39. The molecular formula is C15H18BrNO2. The van der Waals surface area contributed by atoms with Crippen molar-refractivity contribution in [3.05, 3.63) is 28.2 Å². The number of carbonyl (C=O) groups is 1. The second kappa shape index (κ2) is 5.16. The second-order valence-electron chi connectivity index (χ2n) is 5.79. The molecule has 3 nitrogen and oxygen atoms in total. The van der Waals surface area contributed by atoms with E-state index in [1.54, 1.807) is 12.1 Å². The molecule has 1 aromatic carbocycles. The lowest BCUT2D eigenvalue weighted by Crippen LogP contribution is -2.28. The van der Waals surface area contributed by atoms with Crippen LogP contribution in [-0.4, -0.2) is 24.2 Å². The highest BCUT2D eigenvalue weighted by atomic mass is 79.9. The van der Waals surface area contributed by atoms with Crippen LogP contribution in [0, 0.1) is 11.8 Å². The van der Waals surface area contributed by atoms with Gasteiger partial charge < -0.3 is 10.0 Å². The Morgan fingerprint density at radius 3 is 2.21 bits per heavy atom. The lowest BCUT2D eigenvalue weighted by molar-refractivity contribution is 0.0697. The Bertz CT molecular complexity index is 481. The highest BCUT2D eigenvalue weighted by Gasteiger charge is 2.29. The summed E-state index contributed by atoms with van der Waals surface area (Å²) >= 11 is 3.42. The normalized spacial score (nSPS) is 18.4. The van der Waals surface area contributed by atoms with Crippen molar-refractivity contribution in [2.24, 2.45) is 11.8 Å². The van der Waals surface area contributed by atoms with Crippen LogP contribution in [0.4, 0.5) is 5.69 Å². The van der Waals surface area contributed by atoms with Crippen molar-refractivity contribution in [2.75, 3.05) is 18.0 Å². The molecule has 3 rings (SSSR count). The van der Waals surface area contributed by atoms with E-state index in [1.807, 2.05) is 6.07 Å². The first kappa shape index (κ1) is 13.0. The second-order valence-corrected chi connectivity index (χ2v) is 6.71. The van der Waals surface area contributed by atoms with Gasteiger partial charge in [-0.05, 0) is 55.7 Å². The largest absolute Gasteiger partial charge is 0.478 e. The molecule has 0 radical (unpaired) electrons. The van der Waals surface area contributed by atoms with Crippen molar-refractivity contribution >= 4 is 27.6 Å². The molecule has 2 aliphatic rings. The monoisotopic (exact) mass is 323 g/mol. The van der Waals surface area contributed by atoms with Crippen molar-refractivity contribution in [1.82, 2.24) is 0 Å². The Kier molecular flexibility index (Phi) is 3.52. The molecule has 0 unspecified atom stereocenters. The molecule has 2 saturated carbocycles. The van der Waals surface area contributed by atoms with Crippen LogP contribution >= 0.6 is 15.9 Å². The number of hydrogen-bond acceptors (Lipinski definition) is 2. The van der Waals surface area contributed by atoms with Gasteiger partial charge in [0.15, 0.2) is 0 Å². The quantitative estimate of drug-likeness (QED) is 0.866. The third kappa shape index (κ3) is 3.50. The van der Waals surface area contributed by atoms with Gasteiger partial charge in [0.2, 0.25) is 0 Å². The average molecular weight is 324 g/mol. The zero-order valence-corrected chi connectivity index (χ0v) is 12.4. The maximum atomic E-state index is 11.2. The number of aromatic carboxylic acids is 1. The van der Waals surface area contributed by atoms with Gasteiger partial charge in [-0.2, -0.15) is 0 Å². The molecule has 0 atom stereocenters. The molecule has 2 aliphatic carbocycles. The van der Waals surface area contributed by atoms with E-state index < -0.39 is 5.97 Å². The van der Waals surface area contributed by atoms with Gasteiger partial charge in [-0.3, -0.25) is 0 Å². The van der Waals surface area contributed by atoms with Gasteiger partial charge in [0.1, 0.15) is 0 Å². The number of benzene rings is 1. The van der Waals surface area contributed by atoms with Crippen LogP contribution in [0.25, 0.3) is 0 Å². The summed E-state index contributed by atoms with van der Waals surface area (Å²) in [7, 11) is 0. The molecule has 0 aliphatic heterocycles. The lowest BCUT2D eigenvalue weighted by Gasteiger charge is -2.25. The molecule has 0 amide bonds. The van der Waals surface area contributed by atoms with Gasteiger partial charge >= 0.3 is 5.97 Å². The first-order valence-corrected chi connectivity index (χ1v) is 7.70. The highest BCUT2D eigenvalue weighted by molar-refractivity contribution is 9.10. The standard InChI is InChI=1S/C15H18BrNO2/c16-13-5-12(15(18)19)6-14(7-13)17(8-10-1-2-10)9-11-3-4-11/h5-7,10-11H,1-4,8-9H2,(H,18,19). The Morgan fingerprint density at radius 1 is 1.16 bits per heavy atom. The minimum Gasteiger partial charge on any atom is -0.478 e. The van der Waals surface area contributed by atoms with Gasteiger partial charge in [0, 0.05) is 23.2 Å². The summed E-state index contributed by atoms with van der Waals surface area (Å²) in [5.74, 6) is 0.761. The molecule has 1 N–H and O–H groups in total. The predicted molar refractivity (Wildman–Crippen MR) is 78.8 cm³/mol. The molecule has 19 heavy (non-hydrogen) atoms. The van der Waals surface area contributed by atoms with Gasteiger partial charge in [0.05, 0.1) is 5.56 Å². The van der Waals surface area contributed by atoms with E-state index in [9.17, 15) is 4.79 Å². The predicted octanol–water partition coefficient (Wildman–Crippen LogP) is 3.77. The summed E-state index contributed by atoms with van der Waals surface area (Å²) in [5.41, 5.74) is 1.41. The summed E-state index contributed by atoms with van der Waals surface area (Å²) in [6.07, 6.45) is 5.28. The highest BCUT2D eigenvalue weighted by Crippen LogP contribution is 2.36. The van der Waals surface area contributed by atoms with Gasteiger partial charge in [-0.25, -0.2) is 4.79 Å². The fourth-order valence-corrected chi connectivity index (χ4v) is 2.87. The molecule has 0 heterocycles. The van der Waals surface area contributed by atoms with Crippen molar-refractivity contribution in [2.45, 2.75) is 25.7 Å². The maximum Gasteiger partial charge on any atom is 0.335 e. The fraction of sp³-hybridized carbons (Fsp3) is 0.533. The number of nitrogens with zero attached hydrogens (tertiary/aromatic N) is 1. The number of rotatable bonds is 6. The zero-order valence-electron chi connectivity index (χ0n) is 10.8. The summed E-state index contributed by atoms with van der Waals surface area (Å²) in [4.78, 5) is 13.5. The SMILES string of the molecule is O=C(O)c1cc(Br)cc(N(CC2CC2)CC2CC2)c1. The maximum absolute atomic E-state index is 11.2. The number of carboxylic acid groups (broad SMARTS) is 1. The molecule has 4 heteroatoms. The van der Waals surface area contributed by atoms with Crippen molar-refractivity contribution in [1.29, 1.82) is 0 Å². The average Bonchev–Trinajstić information content (AvgIpc) is 3.22. The topological polar surface area (TPSA) is 40.5 Å². The molecular weight excluding hydrogens is 306 g/mol. The van der Waals surface area contributed by atoms with E-state index in [-0.39, 0.29) is 0 Å². The molecule has 1 aromatic rings. The minimum absolute atomic E-state index is 0.362. The van der Waals surface area contributed by atoms with E-state index in [4.69, 9.17) is 5.11 Å². The molecule has 0 bridgehead atoms. The summed E-state index contributed by atoms with van der Waals surface area (Å²) in [5, 5.41) is 9.16. The first-order valence-electron chi connectivity index (χ1n) is 6.90. The Morgan fingerprint density at radius 2 is 1.74 bits per heavy atom. The van der Waals surface area contributed by atoms with E-state index >= 15 is 0 Å². The Balaban J connectivity index is 1.84. The molecule has 2 fully saturated rings. The number of carboxylic acids is 1. The summed E-state index contributed by atoms with van der Waals surface area (Å²) in [6.45, 7) is 2.15. The van der Waals surface area contributed by atoms with Gasteiger partial charge in [-0.15, -0.1) is 0 Å². The van der Waals surface area contributed by atoms with E-state index in [0.29, 0.717) is 5.56 Å². The third-order valence-electron chi connectivity index (χ3n) is 3.85. The Labute approximate surface area is 121 Å². The summed E-state index contributed by atoms with van der Waals surface area (Å²) in [6, 6.07) is 5.51. The van der Waals surface area contributed by atoms with E-state index in [0.717, 1.165) is 35.1 Å². The number of hydrogen-bond donors (Lipinski definition) is 1. The van der Waals surface area contributed by atoms with Crippen LogP contribution in [0.3, 0.4) is 0 Å². The first-order chi connectivity index (χ1) is 9.11. The summed E-state index contributed by atoms with van der Waals surface area (Å²) < 4.78 is 0.846. The van der Waals surface area contributed by atoms with Crippen LogP contribution in [0.15, 0.2) is 22.7 Å². The Hall–Kier alpha value is -1.03. The van der Waals surface area contributed by atoms with Gasteiger partial charge in [0.25, 0.3) is 0 Å². The van der Waals surface area contributed by atoms with Crippen LogP contribution in [-0.2, 0) is 0 Å². The number of anilines is 1. The molecule has 102 valence electrons. The third-order valence-corrected chi connectivity index (χ3v) is 4.30. The van der Waals surface area contributed by atoms with E-state index in [2.05, 4.69) is 20.8 Å². The van der Waals surface area contributed by atoms with Crippen LogP contribution in [0.1, 0.15) is 36.0 Å². The zero-order chi connectivity index (χ0) is 13.4. The van der Waals surface area contributed by atoms with Crippen LogP contribution < -0.4 is 4.90 Å². The number of halogens is 1. The van der Waals surface area contributed by atoms with E-state index in [1.165, 1.54) is 25.7 Å². The van der Waals surface area contributed by atoms with Crippen LogP contribution in [0.5, 0.6) is 0 Å². The molecule has 0 saturated heterocycles. The van der Waals surface area contributed by atoms with Gasteiger partial charge in [-0.1, -0.05) is 15.9 Å².